The van der Waals surface area contributed by atoms with Crippen molar-refractivity contribution < 1.29 is 4.79 Å². The second kappa shape index (κ2) is 7.09. The van der Waals surface area contributed by atoms with Crippen LogP contribution < -0.4 is 10.9 Å². The molecule has 1 atom stereocenters. The molecule has 0 saturated heterocycles. The van der Waals surface area contributed by atoms with Crippen LogP contribution in [0.15, 0.2) is 53.5 Å². The van der Waals surface area contributed by atoms with Gasteiger partial charge in [-0.3, -0.25) is 9.59 Å². The van der Waals surface area contributed by atoms with Crippen LogP contribution in [-0.4, -0.2) is 15.9 Å². The minimum Gasteiger partial charge on any atom is -0.351 e. The van der Waals surface area contributed by atoms with Crippen molar-refractivity contribution in [3.8, 4) is 0 Å². The first-order valence-electron chi connectivity index (χ1n) is 6.71. The highest BCUT2D eigenvalue weighted by Gasteiger charge is 2.07. The van der Waals surface area contributed by atoms with Crippen LogP contribution in [0.4, 0.5) is 0 Å². The summed E-state index contributed by atoms with van der Waals surface area (Å²) in [5, 5.41) is 2.22. The lowest BCUT2D eigenvalue weighted by Gasteiger charge is -2.08. The van der Waals surface area contributed by atoms with E-state index in [1.54, 1.807) is 23.8 Å². The van der Waals surface area contributed by atoms with E-state index in [9.17, 15) is 9.59 Å². The lowest BCUT2D eigenvalue weighted by molar-refractivity contribution is -0.120. The fourth-order valence-electron chi connectivity index (χ4n) is 1.88. The van der Waals surface area contributed by atoms with Gasteiger partial charge in [-0.05, 0) is 24.1 Å². The first kappa shape index (κ1) is 15.3. The van der Waals surface area contributed by atoms with Crippen LogP contribution in [0.2, 0.25) is 0 Å². The van der Waals surface area contributed by atoms with Crippen molar-refractivity contribution in [2.75, 3.05) is 0 Å². The summed E-state index contributed by atoms with van der Waals surface area (Å²) in [6.07, 6.45) is 1.76. The maximum Gasteiger partial charge on any atom is 0.250 e. The first-order valence-corrected chi connectivity index (χ1v) is 7.15. The quantitative estimate of drug-likeness (QED) is 0.861. The monoisotopic (exact) mass is 304 g/mol. The van der Waals surface area contributed by atoms with Gasteiger partial charge in [-0.1, -0.05) is 30.3 Å². The normalized spacial score (nSPS) is 11.9. The van der Waals surface area contributed by atoms with Crippen LogP contribution >= 0.6 is 11.6 Å². The van der Waals surface area contributed by atoms with Crippen molar-refractivity contribution in [2.45, 2.75) is 25.4 Å². The summed E-state index contributed by atoms with van der Waals surface area (Å²) in [6, 6.07) is 12.9. The molecule has 21 heavy (non-hydrogen) atoms. The van der Waals surface area contributed by atoms with Crippen LogP contribution in [0.3, 0.4) is 0 Å². The molecule has 1 N–H and O–H groups in total. The zero-order valence-electron chi connectivity index (χ0n) is 11.8. The number of alkyl halides is 1. The zero-order valence-corrected chi connectivity index (χ0v) is 12.5. The molecule has 1 aromatic heterocycles. The van der Waals surface area contributed by atoms with E-state index >= 15 is 0 Å². The first-order chi connectivity index (χ1) is 10.1. The molecular weight excluding hydrogens is 288 g/mol. The summed E-state index contributed by atoms with van der Waals surface area (Å²) in [7, 11) is 0. The van der Waals surface area contributed by atoms with Gasteiger partial charge in [0, 0.05) is 18.8 Å². The number of benzene rings is 1. The smallest absolute Gasteiger partial charge is 0.250 e. The third-order valence-corrected chi connectivity index (χ3v) is 3.30. The molecule has 0 aliphatic heterocycles. The van der Waals surface area contributed by atoms with Crippen molar-refractivity contribution >= 4 is 17.5 Å². The van der Waals surface area contributed by atoms with Gasteiger partial charge in [0.1, 0.15) is 5.38 Å². The number of carbonyl (C=O) groups excluding carboxylic acids is 1. The van der Waals surface area contributed by atoms with Crippen molar-refractivity contribution in [3.63, 3.8) is 0 Å². The molecule has 1 aromatic carbocycles. The molecule has 0 spiro atoms. The summed E-state index contributed by atoms with van der Waals surface area (Å²) >= 11 is 5.68. The molecule has 0 bridgehead atoms. The number of pyridine rings is 1. The number of hydrogen-bond acceptors (Lipinski definition) is 2. The van der Waals surface area contributed by atoms with Gasteiger partial charge in [-0.25, -0.2) is 0 Å². The lowest BCUT2D eigenvalue weighted by atomic mass is 10.1. The maximum absolute atomic E-state index is 11.6. The number of nitrogens with one attached hydrogen (secondary N) is 1. The Hall–Kier alpha value is -2.07. The fourth-order valence-corrected chi connectivity index (χ4v) is 1.96. The minimum absolute atomic E-state index is 0.0232. The fraction of sp³-hybridized carbons (Fsp3) is 0.250. The number of hydrogen-bond donors (Lipinski definition) is 1. The number of rotatable bonds is 5. The molecule has 1 amide bonds. The Balaban J connectivity index is 1.98. The molecule has 0 aliphatic carbocycles. The van der Waals surface area contributed by atoms with E-state index in [0.29, 0.717) is 13.1 Å². The summed E-state index contributed by atoms with van der Waals surface area (Å²) < 4.78 is 1.64. The average Bonchev–Trinajstić information content (AvgIpc) is 2.48. The van der Waals surface area contributed by atoms with Gasteiger partial charge < -0.3 is 9.88 Å². The molecule has 5 heteroatoms. The Morgan fingerprint density at radius 3 is 2.48 bits per heavy atom. The highest BCUT2D eigenvalue weighted by Crippen LogP contribution is 2.06. The topological polar surface area (TPSA) is 51.1 Å². The molecule has 0 saturated carbocycles. The van der Waals surface area contributed by atoms with Gasteiger partial charge in [0.05, 0.1) is 6.54 Å². The third kappa shape index (κ3) is 4.46. The standard InChI is InChI=1S/C16H17ClN2O2/c1-12(17)16(21)18-10-13-5-7-14(8-6-13)11-19-9-3-2-4-15(19)20/h2-9,12H,10-11H2,1H3,(H,18,21). The summed E-state index contributed by atoms with van der Waals surface area (Å²) in [6.45, 7) is 2.62. The third-order valence-electron chi connectivity index (χ3n) is 3.10. The van der Waals surface area contributed by atoms with Crippen LogP contribution in [0, 0.1) is 0 Å². The Morgan fingerprint density at radius 2 is 1.86 bits per heavy atom. The van der Waals surface area contributed by atoms with Crippen LogP contribution in [0.5, 0.6) is 0 Å². The van der Waals surface area contributed by atoms with Crippen molar-refractivity contribution in [2.24, 2.45) is 0 Å². The molecule has 2 rings (SSSR count). The van der Waals surface area contributed by atoms with E-state index in [-0.39, 0.29) is 11.5 Å². The Bertz CT molecular complexity index is 662. The van der Waals surface area contributed by atoms with Crippen molar-refractivity contribution in [3.05, 3.63) is 70.1 Å². The number of amides is 1. The van der Waals surface area contributed by atoms with Gasteiger partial charge in [0.25, 0.3) is 5.56 Å². The highest BCUT2D eigenvalue weighted by molar-refractivity contribution is 6.30. The highest BCUT2D eigenvalue weighted by atomic mass is 35.5. The molecule has 1 unspecified atom stereocenters. The number of nitrogens with zero attached hydrogens (tertiary/aromatic N) is 1. The SMILES string of the molecule is CC(Cl)C(=O)NCc1ccc(Cn2ccccc2=O)cc1. The molecule has 1 heterocycles. The van der Waals surface area contributed by atoms with Gasteiger partial charge in [-0.15, -0.1) is 11.6 Å². The van der Waals surface area contributed by atoms with Crippen molar-refractivity contribution in [1.29, 1.82) is 0 Å². The number of halogens is 1. The molecule has 2 aromatic rings. The molecular formula is C16H17ClN2O2. The molecule has 0 radical (unpaired) electrons. The van der Waals surface area contributed by atoms with Crippen LogP contribution in [0.25, 0.3) is 0 Å². The Labute approximate surface area is 128 Å². The van der Waals surface area contributed by atoms with E-state index in [4.69, 9.17) is 11.6 Å². The van der Waals surface area contributed by atoms with E-state index < -0.39 is 5.38 Å². The second-order valence-electron chi connectivity index (χ2n) is 4.82. The molecule has 0 fully saturated rings. The van der Waals surface area contributed by atoms with E-state index in [1.165, 1.54) is 6.07 Å². The van der Waals surface area contributed by atoms with Crippen LogP contribution in [0.1, 0.15) is 18.1 Å². The molecule has 0 aliphatic rings. The zero-order chi connectivity index (χ0) is 15.2. The summed E-state index contributed by atoms with van der Waals surface area (Å²) in [4.78, 5) is 23.0. The Morgan fingerprint density at radius 1 is 1.19 bits per heavy atom. The molecule has 110 valence electrons. The average molecular weight is 305 g/mol. The predicted molar refractivity (Wildman–Crippen MR) is 83.4 cm³/mol. The van der Waals surface area contributed by atoms with E-state index in [0.717, 1.165) is 11.1 Å². The number of aromatic nitrogens is 1. The lowest BCUT2D eigenvalue weighted by Crippen LogP contribution is -2.29. The van der Waals surface area contributed by atoms with Crippen LogP contribution in [-0.2, 0) is 17.9 Å². The predicted octanol–water partition coefficient (Wildman–Crippen LogP) is 2.14. The second-order valence-corrected chi connectivity index (χ2v) is 5.47. The van der Waals surface area contributed by atoms with Gasteiger partial charge in [-0.2, -0.15) is 0 Å². The van der Waals surface area contributed by atoms with E-state index in [1.807, 2.05) is 30.3 Å². The minimum atomic E-state index is -0.533. The Kier molecular flexibility index (Phi) is 5.17. The van der Waals surface area contributed by atoms with Crippen molar-refractivity contribution in [1.82, 2.24) is 9.88 Å². The number of carbonyl (C=O) groups is 1. The molecule has 4 nitrogen and oxygen atoms in total. The largest absolute Gasteiger partial charge is 0.351 e. The summed E-state index contributed by atoms with van der Waals surface area (Å²) in [5.41, 5.74) is 2.00. The van der Waals surface area contributed by atoms with Gasteiger partial charge >= 0.3 is 0 Å². The maximum atomic E-state index is 11.6. The van der Waals surface area contributed by atoms with Gasteiger partial charge in [0.2, 0.25) is 5.91 Å². The van der Waals surface area contributed by atoms with Gasteiger partial charge in [0.15, 0.2) is 0 Å². The summed E-state index contributed by atoms with van der Waals surface area (Å²) in [5.74, 6) is -0.184. The van der Waals surface area contributed by atoms with E-state index in [2.05, 4.69) is 5.32 Å².